The van der Waals surface area contributed by atoms with Crippen LogP contribution in [0, 0.1) is 0 Å². The van der Waals surface area contributed by atoms with E-state index in [4.69, 9.17) is 0 Å². The molecule has 0 atom stereocenters. The molecule has 0 aliphatic rings. The number of carbonyl (C=O) groups excluding carboxylic acids is 2. The van der Waals surface area contributed by atoms with Gasteiger partial charge in [-0.3, -0.25) is 9.59 Å². The second-order valence-electron chi connectivity index (χ2n) is 2.73. The minimum Gasteiger partial charge on any atom is -0.348 e. The van der Waals surface area contributed by atoms with Crippen molar-refractivity contribution < 1.29 is 9.59 Å². The van der Waals surface area contributed by atoms with Gasteiger partial charge in [0, 0.05) is 19.6 Å². The van der Waals surface area contributed by atoms with E-state index in [0.29, 0.717) is 19.6 Å². The van der Waals surface area contributed by atoms with Gasteiger partial charge in [0.05, 0.1) is 0 Å². The fraction of sp³-hybridized carbons (Fsp3) is 0.778. The van der Waals surface area contributed by atoms with E-state index in [0.717, 1.165) is 6.42 Å². The van der Waals surface area contributed by atoms with Gasteiger partial charge in [0.2, 0.25) is 0 Å². The van der Waals surface area contributed by atoms with Gasteiger partial charge in [-0.05, 0) is 20.3 Å². The quantitative estimate of drug-likeness (QED) is 0.645. The van der Waals surface area contributed by atoms with Crippen LogP contribution >= 0.6 is 0 Å². The molecule has 0 aliphatic carbocycles. The van der Waals surface area contributed by atoms with E-state index in [9.17, 15) is 9.59 Å². The van der Waals surface area contributed by atoms with Gasteiger partial charge in [-0.1, -0.05) is 6.92 Å². The molecule has 0 aromatic rings. The molecule has 0 spiro atoms. The predicted molar refractivity (Wildman–Crippen MR) is 51.2 cm³/mol. The molecule has 0 saturated carbocycles. The lowest BCUT2D eigenvalue weighted by Crippen LogP contribution is -2.43. The van der Waals surface area contributed by atoms with Crippen molar-refractivity contribution in [3.05, 3.63) is 0 Å². The van der Waals surface area contributed by atoms with Crippen LogP contribution in [0.4, 0.5) is 0 Å². The smallest absolute Gasteiger partial charge is 0.311 e. The Balaban J connectivity index is 4.00. The summed E-state index contributed by atoms with van der Waals surface area (Å²) in [5, 5.41) is 2.55. The summed E-state index contributed by atoms with van der Waals surface area (Å²) in [7, 11) is 0. The fourth-order valence-electron chi connectivity index (χ4n) is 0.969. The third kappa shape index (κ3) is 3.92. The van der Waals surface area contributed by atoms with Crippen molar-refractivity contribution >= 4 is 11.8 Å². The standard InChI is InChI=1S/C9H18N2O2/c1-4-7-10-8(12)9(13)11(5-2)6-3/h4-7H2,1-3H3,(H,10,12). The first kappa shape index (κ1) is 11.9. The topological polar surface area (TPSA) is 49.4 Å². The Hall–Kier alpha value is -1.06. The van der Waals surface area contributed by atoms with Crippen molar-refractivity contribution in [2.24, 2.45) is 0 Å². The van der Waals surface area contributed by atoms with E-state index in [2.05, 4.69) is 5.32 Å². The summed E-state index contributed by atoms with van der Waals surface area (Å²) in [6.45, 7) is 7.38. The van der Waals surface area contributed by atoms with Gasteiger partial charge in [-0.2, -0.15) is 0 Å². The van der Waals surface area contributed by atoms with Crippen LogP contribution in [-0.2, 0) is 9.59 Å². The van der Waals surface area contributed by atoms with E-state index < -0.39 is 11.8 Å². The number of nitrogens with one attached hydrogen (secondary N) is 1. The van der Waals surface area contributed by atoms with Crippen LogP contribution in [0.1, 0.15) is 27.2 Å². The molecule has 1 N–H and O–H groups in total. The normalized spacial score (nSPS) is 9.46. The molecule has 0 rings (SSSR count). The first-order chi connectivity index (χ1) is 6.17. The highest BCUT2D eigenvalue weighted by molar-refractivity contribution is 6.34. The summed E-state index contributed by atoms with van der Waals surface area (Å²) >= 11 is 0. The Morgan fingerprint density at radius 1 is 1.15 bits per heavy atom. The van der Waals surface area contributed by atoms with Crippen molar-refractivity contribution in [1.82, 2.24) is 10.2 Å². The summed E-state index contributed by atoms with van der Waals surface area (Å²) in [4.78, 5) is 24.0. The highest BCUT2D eigenvalue weighted by atomic mass is 16.2. The summed E-state index contributed by atoms with van der Waals surface area (Å²) in [6.07, 6.45) is 0.845. The Labute approximate surface area is 79.3 Å². The average molecular weight is 186 g/mol. The minimum absolute atomic E-state index is 0.432. The lowest BCUT2D eigenvalue weighted by Gasteiger charge is -2.17. The third-order valence-corrected chi connectivity index (χ3v) is 1.78. The molecule has 2 amide bonds. The van der Waals surface area contributed by atoms with Crippen molar-refractivity contribution in [2.45, 2.75) is 27.2 Å². The number of likely N-dealkylation sites (N-methyl/N-ethyl adjacent to an activating group) is 1. The van der Waals surface area contributed by atoms with Gasteiger partial charge in [0.25, 0.3) is 0 Å². The Morgan fingerprint density at radius 3 is 2.08 bits per heavy atom. The largest absolute Gasteiger partial charge is 0.348 e. The zero-order chi connectivity index (χ0) is 10.3. The molecule has 0 aromatic heterocycles. The molecule has 13 heavy (non-hydrogen) atoms. The highest BCUT2D eigenvalue weighted by Crippen LogP contribution is 1.88. The van der Waals surface area contributed by atoms with Crippen LogP contribution in [-0.4, -0.2) is 36.3 Å². The van der Waals surface area contributed by atoms with Crippen LogP contribution in [0.15, 0.2) is 0 Å². The molecule has 4 nitrogen and oxygen atoms in total. The summed E-state index contributed by atoms with van der Waals surface area (Å²) in [5.41, 5.74) is 0. The number of hydrogen-bond acceptors (Lipinski definition) is 2. The molecular formula is C9H18N2O2. The van der Waals surface area contributed by atoms with E-state index in [1.807, 2.05) is 20.8 Å². The van der Waals surface area contributed by atoms with Crippen molar-refractivity contribution in [3.8, 4) is 0 Å². The zero-order valence-electron chi connectivity index (χ0n) is 8.59. The molecule has 0 radical (unpaired) electrons. The summed E-state index contributed by atoms with van der Waals surface area (Å²) < 4.78 is 0. The van der Waals surface area contributed by atoms with Crippen molar-refractivity contribution in [3.63, 3.8) is 0 Å². The Kier molecular flexibility index (Phi) is 5.93. The predicted octanol–water partition coefficient (Wildman–Crippen LogP) is 0.381. The van der Waals surface area contributed by atoms with Gasteiger partial charge >= 0.3 is 11.8 Å². The fourth-order valence-corrected chi connectivity index (χ4v) is 0.969. The first-order valence-electron chi connectivity index (χ1n) is 4.74. The van der Waals surface area contributed by atoms with Crippen LogP contribution in [0.25, 0.3) is 0 Å². The zero-order valence-corrected chi connectivity index (χ0v) is 8.59. The number of carbonyl (C=O) groups is 2. The lowest BCUT2D eigenvalue weighted by atomic mass is 10.4. The molecule has 0 unspecified atom stereocenters. The molecule has 0 fully saturated rings. The maximum Gasteiger partial charge on any atom is 0.311 e. The van der Waals surface area contributed by atoms with E-state index in [1.165, 1.54) is 4.90 Å². The van der Waals surface area contributed by atoms with Crippen molar-refractivity contribution in [1.29, 1.82) is 0 Å². The number of hydrogen-bond donors (Lipinski definition) is 1. The molecule has 0 bridgehead atoms. The van der Waals surface area contributed by atoms with E-state index in [-0.39, 0.29) is 0 Å². The molecule has 4 heteroatoms. The monoisotopic (exact) mass is 186 g/mol. The molecular weight excluding hydrogens is 168 g/mol. The molecule has 0 heterocycles. The summed E-state index contributed by atoms with van der Waals surface area (Å²) in [6, 6.07) is 0. The minimum atomic E-state index is -0.495. The number of amides is 2. The van der Waals surface area contributed by atoms with Crippen molar-refractivity contribution in [2.75, 3.05) is 19.6 Å². The second-order valence-corrected chi connectivity index (χ2v) is 2.73. The van der Waals surface area contributed by atoms with Crippen LogP contribution in [0.2, 0.25) is 0 Å². The SMILES string of the molecule is CCCNC(=O)C(=O)N(CC)CC. The maximum atomic E-state index is 11.3. The molecule has 0 saturated heterocycles. The van der Waals surface area contributed by atoms with Gasteiger partial charge in [0.15, 0.2) is 0 Å². The van der Waals surface area contributed by atoms with E-state index in [1.54, 1.807) is 0 Å². The Morgan fingerprint density at radius 2 is 1.69 bits per heavy atom. The number of nitrogens with zero attached hydrogens (tertiary/aromatic N) is 1. The van der Waals surface area contributed by atoms with Crippen LogP contribution in [0.5, 0.6) is 0 Å². The van der Waals surface area contributed by atoms with E-state index >= 15 is 0 Å². The highest BCUT2D eigenvalue weighted by Gasteiger charge is 2.17. The molecule has 76 valence electrons. The van der Waals surface area contributed by atoms with Crippen LogP contribution < -0.4 is 5.32 Å². The first-order valence-corrected chi connectivity index (χ1v) is 4.74. The second kappa shape index (κ2) is 6.46. The third-order valence-electron chi connectivity index (χ3n) is 1.78. The van der Waals surface area contributed by atoms with Crippen LogP contribution in [0.3, 0.4) is 0 Å². The maximum absolute atomic E-state index is 11.3. The van der Waals surface area contributed by atoms with Gasteiger partial charge in [0.1, 0.15) is 0 Å². The average Bonchev–Trinajstić information content (AvgIpc) is 2.15. The van der Waals surface area contributed by atoms with Gasteiger partial charge in [-0.25, -0.2) is 0 Å². The summed E-state index contributed by atoms with van der Waals surface area (Å²) in [5.74, 6) is -0.927. The number of rotatable bonds is 4. The molecule has 0 aromatic carbocycles. The van der Waals surface area contributed by atoms with Gasteiger partial charge < -0.3 is 10.2 Å². The lowest BCUT2D eigenvalue weighted by molar-refractivity contribution is -0.145. The van der Waals surface area contributed by atoms with Gasteiger partial charge in [-0.15, -0.1) is 0 Å². The molecule has 0 aliphatic heterocycles. The Bertz CT molecular complexity index is 176.